The number of nitrogens with zero attached hydrogens (tertiary/aromatic N) is 2. The van der Waals surface area contributed by atoms with Crippen molar-refractivity contribution in [2.75, 3.05) is 13.1 Å². The van der Waals surface area contributed by atoms with Gasteiger partial charge in [-0.2, -0.15) is 0 Å². The normalized spacial score (nSPS) is 18.5. The van der Waals surface area contributed by atoms with E-state index >= 15 is 0 Å². The van der Waals surface area contributed by atoms with Gasteiger partial charge in [0.1, 0.15) is 0 Å². The van der Waals surface area contributed by atoms with Crippen LogP contribution in [0.25, 0.3) is 0 Å². The van der Waals surface area contributed by atoms with Gasteiger partial charge in [0.2, 0.25) is 5.91 Å². The van der Waals surface area contributed by atoms with Crippen LogP contribution in [0.1, 0.15) is 37.7 Å². The van der Waals surface area contributed by atoms with Gasteiger partial charge >= 0.3 is 5.97 Å². The standard InChI is InChI=1S/C16H22N2O3/c19-15(7-5-13-3-1-9-17-11-13)18-10-2-4-14(12-18)6-8-16(20)21/h1,3,9,11,14H,2,4-8,10,12H2,(H,20,21). The van der Waals surface area contributed by atoms with E-state index in [1.165, 1.54) is 0 Å². The number of carbonyl (C=O) groups excluding carboxylic acids is 1. The monoisotopic (exact) mass is 290 g/mol. The van der Waals surface area contributed by atoms with Crippen molar-refractivity contribution in [2.24, 2.45) is 5.92 Å². The lowest BCUT2D eigenvalue weighted by atomic mass is 9.93. The molecule has 1 unspecified atom stereocenters. The van der Waals surface area contributed by atoms with Crippen LogP contribution in [0.4, 0.5) is 0 Å². The SMILES string of the molecule is O=C(O)CCC1CCCN(C(=O)CCc2cccnc2)C1. The summed E-state index contributed by atoms with van der Waals surface area (Å²) in [6, 6.07) is 3.86. The van der Waals surface area contributed by atoms with Gasteiger partial charge in [0, 0.05) is 38.3 Å². The van der Waals surface area contributed by atoms with Gasteiger partial charge in [0.25, 0.3) is 0 Å². The van der Waals surface area contributed by atoms with Crippen LogP contribution in [0.3, 0.4) is 0 Å². The second kappa shape index (κ2) is 7.76. The summed E-state index contributed by atoms with van der Waals surface area (Å²) in [5.41, 5.74) is 1.07. The van der Waals surface area contributed by atoms with Crippen molar-refractivity contribution in [3.05, 3.63) is 30.1 Å². The highest BCUT2D eigenvalue weighted by molar-refractivity contribution is 5.76. The van der Waals surface area contributed by atoms with Gasteiger partial charge in [-0.3, -0.25) is 14.6 Å². The van der Waals surface area contributed by atoms with E-state index in [-0.39, 0.29) is 12.3 Å². The first-order chi connectivity index (χ1) is 10.1. The van der Waals surface area contributed by atoms with Crippen LogP contribution in [0, 0.1) is 5.92 Å². The summed E-state index contributed by atoms with van der Waals surface area (Å²) >= 11 is 0. The molecule has 2 heterocycles. The molecule has 1 fully saturated rings. The average Bonchev–Trinajstić information content (AvgIpc) is 2.52. The van der Waals surface area contributed by atoms with Crippen molar-refractivity contribution < 1.29 is 14.7 Å². The van der Waals surface area contributed by atoms with Crippen molar-refractivity contribution in [1.29, 1.82) is 0 Å². The second-order valence-electron chi connectivity index (χ2n) is 5.64. The molecule has 5 heteroatoms. The molecule has 1 saturated heterocycles. The number of carboxylic acid groups (broad SMARTS) is 1. The van der Waals surface area contributed by atoms with E-state index in [1.54, 1.807) is 12.4 Å². The molecule has 0 saturated carbocycles. The number of aliphatic carboxylic acids is 1. The Morgan fingerprint density at radius 2 is 2.24 bits per heavy atom. The lowest BCUT2D eigenvalue weighted by Gasteiger charge is -2.32. The predicted octanol–water partition coefficient (Wildman–Crippen LogP) is 2.12. The Morgan fingerprint density at radius 1 is 1.38 bits per heavy atom. The summed E-state index contributed by atoms with van der Waals surface area (Å²) in [4.78, 5) is 28.8. The summed E-state index contributed by atoms with van der Waals surface area (Å²) in [5, 5.41) is 8.74. The van der Waals surface area contributed by atoms with Crippen LogP contribution in [0.2, 0.25) is 0 Å². The van der Waals surface area contributed by atoms with E-state index in [1.807, 2.05) is 17.0 Å². The summed E-state index contributed by atoms with van der Waals surface area (Å²) in [7, 11) is 0. The fraction of sp³-hybridized carbons (Fsp3) is 0.562. The highest BCUT2D eigenvalue weighted by atomic mass is 16.4. The molecule has 1 aromatic heterocycles. The summed E-state index contributed by atoms with van der Waals surface area (Å²) in [5.74, 6) is -0.258. The fourth-order valence-corrected chi connectivity index (χ4v) is 2.81. The average molecular weight is 290 g/mol. The smallest absolute Gasteiger partial charge is 0.303 e. The largest absolute Gasteiger partial charge is 0.481 e. The molecule has 0 radical (unpaired) electrons. The van der Waals surface area contributed by atoms with E-state index in [0.717, 1.165) is 24.9 Å². The molecule has 2 rings (SSSR count). The van der Waals surface area contributed by atoms with Crippen LogP contribution < -0.4 is 0 Å². The van der Waals surface area contributed by atoms with Crippen molar-refractivity contribution in [1.82, 2.24) is 9.88 Å². The molecule has 0 aromatic carbocycles. The number of rotatable bonds is 6. The van der Waals surface area contributed by atoms with E-state index in [0.29, 0.717) is 31.7 Å². The second-order valence-corrected chi connectivity index (χ2v) is 5.64. The van der Waals surface area contributed by atoms with E-state index in [9.17, 15) is 9.59 Å². The first-order valence-electron chi connectivity index (χ1n) is 7.53. The van der Waals surface area contributed by atoms with Gasteiger partial charge in [-0.1, -0.05) is 6.07 Å². The zero-order chi connectivity index (χ0) is 15.1. The zero-order valence-corrected chi connectivity index (χ0v) is 12.2. The molecule has 1 aliphatic rings. The molecule has 21 heavy (non-hydrogen) atoms. The fourth-order valence-electron chi connectivity index (χ4n) is 2.81. The minimum Gasteiger partial charge on any atom is -0.481 e. The molecule has 1 amide bonds. The Bertz CT molecular complexity index is 476. The van der Waals surface area contributed by atoms with Crippen molar-refractivity contribution in [3.63, 3.8) is 0 Å². The highest BCUT2D eigenvalue weighted by Crippen LogP contribution is 2.21. The Hall–Kier alpha value is -1.91. The van der Waals surface area contributed by atoms with Crippen LogP contribution >= 0.6 is 0 Å². The summed E-state index contributed by atoms with van der Waals surface area (Å²) in [6.45, 7) is 1.51. The minimum absolute atomic E-state index is 0.166. The molecule has 114 valence electrons. The third-order valence-electron chi connectivity index (χ3n) is 3.99. The van der Waals surface area contributed by atoms with Gasteiger partial charge in [-0.15, -0.1) is 0 Å². The van der Waals surface area contributed by atoms with E-state index in [4.69, 9.17) is 5.11 Å². The number of hydrogen-bond donors (Lipinski definition) is 1. The number of pyridine rings is 1. The lowest BCUT2D eigenvalue weighted by Crippen LogP contribution is -2.40. The number of carbonyl (C=O) groups is 2. The molecule has 0 aliphatic carbocycles. The van der Waals surface area contributed by atoms with Gasteiger partial charge in [0.05, 0.1) is 0 Å². The van der Waals surface area contributed by atoms with Crippen LogP contribution in [0.15, 0.2) is 24.5 Å². The van der Waals surface area contributed by atoms with Crippen molar-refractivity contribution in [3.8, 4) is 0 Å². The summed E-state index contributed by atoms with van der Waals surface area (Å²) in [6.07, 6.45) is 7.59. The number of hydrogen-bond acceptors (Lipinski definition) is 3. The van der Waals surface area contributed by atoms with Gasteiger partial charge in [-0.05, 0) is 43.2 Å². The molecule has 1 aliphatic heterocycles. The topological polar surface area (TPSA) is 70.5 Å². The molecule has 1 N–H and O–H groups in total. The molecule has 0 bridgehead atoms. The molecular weight excluding hydrogens is 268 g/mol. The molecule has 5 nitrogen and oxygen atoms in total. The molecule has 0 spiro atoms. The third kappa shape index (κ3) is 5.17. The number of aromatic nitrogens is 1. The number of carboxylic acids is 1. The van der Waals surface area contributed by atoms with Crippen molar-refractivity contribution >= 4 is 11.9 Å². The number of piperidine rings is 1. The Kier molecular flexibility index (Phi) is 5.72. The van der Waals surface area contributed by atoms with Crippen molar-refractivity contribution in [2.45, 2.75) is 38.5 Å². The maximum Gasteiger partial charge on any atom is 0.303 e. The molecular formula is C16H22N2O3. The lowest BCUT2D eigenvalue weighted by molar-refractivity contribution is -0.137. The predicted molar refractivity (Wildman–Crippen MR) is 78.7 cm³/mol. The highest BCUT2D eigenvalue weighted by Gasteiger charge is 2.23. The molecule has 1 atom stereocenters. The number of amides is 1. The minimum atomic E-state index is -0.755. The van der Waals surface area contributed by atoms with Gasteiger partial charge in [-0.25, -0.2) is 0 Å². The summed E-state index contributed by atoms with van der Waals surface area (Å²) < 4.78 is 0. The quantitative estimate of drug-likeness (QED) is 0.871. The first kappa shape index (κ1) is 15.5. The third-order valence-corrected chi connectivity index (χ3v) is 3.99. The number of aryl methyl sites for hydroxylation is 1. The van der Waals surface area contributed by atoms with Crippen LogP contribution in [-0.4, -0.2) is 40.0 Å². The van der Waals surface area contributed by atoms with E-state index in [2.05, 4.69) is 4.98 Å². The van der Waals surface area contributed by atoms with Crippen LogP contribution in [-0.2, 0) is 16.0 Å². The van der Waals surface area contributed by atoms with Gasteiger partial charge < -0.3 is 10.0 Å². The number of likely N-dealkylation sites (tertiary alicyclic amines) is 1. The zero-order valence-electron chi connectivity index (χ0n) is 12.2. The Labute approximate surface area is 125 Å². The first-order valence-corrected chi connectivity index (χ1v) is 7.53. The maximum atomic E-state index is 12.2. The van der Waals surface area contributed by atoms with E-state index < -0.39 is 5.97 Å². The maximum absolute atomic E-state index is 12.2. The van der Waals surface area contributed by atoms with Gasteiger partial charge in [0.15, 0.2) is 0 Å². The molecule has 1 aromatic rings. The Morgan fingerprint density at radius 3 is 2.95 bits per heavy atom. The Balaban J connectivity index is 1.77. The van der Waals surface area contributed by atoms with Crippen LogP contribution in [0.5, 0.6) is 0 Å².